The fraction of sp³-hybridized carbons (Fsp3) is 0.188. The van der Waals surface area contributed by atoms with E-state index < -0.39 is 0 Å². The number of carbonyl (C=O) groups excluding carboxylic acids is 1. The standard InChI is InChI=1S/C16H14BrNO2S/c17-12-5-6-13(15(21)9-12)16(19)18-7-8-20-14-4-2-1-3-11(14)10-18/h1-6,9,21H,7-8,10H2. The zero-order valence-corrected chi connectivity index (χ0v) is 13.7. The molecule has 0 spiro atoms. The van der Waals surface area contributed by atoms with E-state index in [1.807, 2.05) is 36.4 Å². The van der Waals surface area contributed by atoms with Crippen molar-refractivity contribution in [3.05, 3.63) is 58.1 Å². The van der Waals surface area contributed by atoms with Crippen molar-refractivity contribution in [1.82, 2.24) is 4.90 Å². The van der Waals surface area contributed by atoms with Gasteiger partial charge in [0.05, 0.1) is 12.1 Å². The number of fused-ring (bicyclic) bond motifs is 1. The van der Waals surface area contributed by atoms with Crippen molar-refractivity contribution in [3.63, 3.8) is 0 Å². The lowest BCUT2D eigenvalue weighted by Crippen LogP contribution is -2.32. The first kappa shape index (κ1) is 14.5. The molecule has 1 aliphatic rings. The largest absolute Gasteiger partial charge is 0.491 e. The Morgan fingerprint density at radius 2 is 2.05 bits per heavy atom. The smallest absolute Gasteiger partial charge is 0.255 e. The molecule has 0 aromatic heterocycles. The molecule has 1 heterocycles. The molecule has 3 nitrogen and oxygen atoms in total. The van der Waals surface area contributed by atoms with Gasteiger partial charge in [0.25, 0.3) is 5.91 Å². The van der Waals surface area contributed by atoms with Crippen LogP contribution in [0.3, 0.4) is 0 Å². The fourth-order valence-electron chi connectivity index (χ4n) is 2.36. The number of ether oxygens (including phenoxy) is 1. The summed E-state index contributed by atoms with van der Waals surface area (Å²) in [5.74, 6) is 0.836. The maximum Gasteiger partial charge on any atom is 0.255 e. The third-order valence-electron chi connectivity index (χ3n) is 3.43. The number of rotatable bonds is 1. The maximum absolute atomic E-state index is 12.7. The summed E-state index contributed by atoms with van der Waals surface area (Å²) in [6.07, 6.45) is 0. The Kier molecular flexibility index (Phi) is 4.22. The lowest BCUT2D eigenvalue weighted by atomic mass is 10.1. The maximum atomic E-state index is 12.7. The molecule has 0 radical (unpaired) electrons. The van der Waals surface area contributed by atoms with Gasteiger partial charge in [-0.3, -0.25) is 4.79 Å². The van der Waals surface area contributed by atoms with Crippen LogP contribution >= 0.6 is 28.6 Å². The Hall–Kier alpha value is -1.46. The van der Waals surface area contributed by atoms with Crippen LogP contribution in [0.25, 0.3) is 0 Å². The van der Waals surface area contributed by atoms with Crippen molar-refractivity contribution in [1.29, 1.82) is 0 Å². The normalized spacial score (nSPS) is 14.1. The van der Waals surface area contributed by atoms with Gasteiger partial charge >= 0.3 is 0 Å². The second kappa shape index (κ2) is 6.12. The summed E-state index contributed by atoms with van der Waals surface area (Å²) in [4.78, 5) is 15.2. The first-order valence-corrected chi connectivity index (χ1v) is 7.87. The number of hydrogen-bond acceptors (Lipinski definition) is 3. The molecule has 108 valence electrons. The van der Waals surface area contributed by atoms with Gasteiger partial charge in [-0.25, -0.2) is 0 Å². The summed E-state index contributed by atoms with van der Waals surface area (Å²) < 4.78 is 6.60. The van der Waals surface area contributed by atoms with E-state index in [-0.39, 0.29) is 5.91 Å². The average molecular weight is 364 g/mol. The Morgan fingerprint density at radius 1 is 1.24 bits per heavy atom. The van der Waals surface area contributed by atoms with E-state index in [9.17, 15) is 4.79 Å². The Bertz CT molecular complexity index is 690. The van der Waals surface area contributed by atoms with E-state index in [1.54, 1.807) is 11.0 Å². The molecule has 0 N–H and O–H groups in total. The minimum absolute atomic E-state index is 0.0206. The highest BCUT2D eigenvalue weighted by atomic mass is 79.9. The highest BCUT2D eigenvalue weighted by molar-refractivity contribution is 9.10. The Morgan fingerprint density at radius 3 is 2.86 bits per heavy atom. The van der Waals surface area contributed by atoms with Gasteiger partial charge in [-0.05, 0) is 24.3 Å². The van der Waals surface area contributed by atoms with Crippen LogP contribution in [0.2, 0.25) is 0 Å². The van der Waals surface area contributed by atoms with Crippen LogP contribution in [-0.2, 0) is 6.54 Å². The number of hydrogen-bond donors (Lipinski definition) is 1. The molecule has 0 saturated heterocycles. The van der Waals surface area contributed by atoms with Crippen LogP contribution in [0.5, 0.6) is 5.75 Å². The van der Waals surface area contributed by atoms with Gasteiger partial charge in [0.15, 0.2) is 0 Å². The van der Waals surface area contributed by atoms with Crippen molar-refractivity contribution in [3.8, 4) is 5.75 Å². The van der Waals surface area contributed by atoms with Gasteiger partial charge in [0.1, 0.15) is 12.4 Å². The van der Waals surface area contributed by atoms with E-state index in [1.165, 1.54) is 0 Å². The van der Waals surface area contributed by atoms with Gasteiger partial charge in [-0.15, -0.1) is 12.6 Å². The van der Waals surface area contributed by atoms with Gasteiger partial charge in [-0.1, -0.05) is 34.1 Å². The zero-order chi connectivity index (χ0) is 14.8. The second-order valence-corrected chi connectivity index (χ2v) is 6.24. The van der Waals surface area contributed by atoms with Gasteiger partial charge in [0.2, 0.25) is 0 Å². The summed E-state index contributed by atoms with van der Waals surface area (Å²) in [5.41, 5.74) is 1.64. The minimum atomic E-state index is -0.0206. The first-order valence-electron chi connectivity index (χ1n) is 6.63. The van der Waals surface area contributed by atoms with Crippen LogP contribution in [-0.4, -0.2) is 24.0 Å². The van der Waals surface area contributed by atoms with Crippen molar-refractivity contribution in [2.24, 2.45) is 0 Å². The number of carbonyl (C=O) groups is 1. The van der Waals surface area contributed by atoms with Crippen LogP contribution in [0.4, 0.5) is 0 Å². The quantitative estimate of drug-likeness (QED) is 0.781. The molecule has 0 bridgehead atoms. The summed E-state index contributed by atoms with van der Waals surface area (Å²) in [5, 5.41) is 0. The van der Waals surface area contributed by atoms with Gasteiger partial charge < -0.3 is 9.64 Å². The third kappa shape index (κ3) is 3.09. The molecule has 21 heavy (non-hydrogen) atoms. The average Bonchev–Trinajstić information content (AvgIpc) is 2.68. The SMILES string of the molecule is O=C(c1ccc(Br)cc1S)N1CCOc2ccccc2C1. The van der Waals surface area contributed by atoms with E-state index in [0.717, 1.165) is 15.8 Å². The van der Waals surface area contributed by atoms with E-state index in [2.05, 4.69) is 28.6 Å². The van der Waals surface area contributed by atoms with Crippen molar-refractivity contribution < 1.29 is 9.53 Å². The van der Waals surface area contributed by atoms with Crippen LogP contribution in [0.15, 0.2) is 51.8 Å². The minimum Gasteiger partial charge on any atom is -0.491 e. The van der Waals surface area contributed by atoms with Gasteiger partial charge in [0, 0.05) is 21.5 Å². The molecule has 1 amide bonds. The zero-order valence-electron chi connectivity index (χ0n) is 11.3. The number of halogens is 1. The molecule has 0 atom stereocenters. The highest BCUT2D eigenvalue weighted by Crippen LogP contribution is 2.25. The Balaban J connectivity index is 1.88. The fourth-order valence-corrected chi connectivity index (χ4v) is 3.20. The number of amides is 1. The lowest BCUT2D eigenvalue weighted by Gasteiger charge is -2.20. The first-order chi connectivity index (χ1) is 10.1. The molecule has 0 unspecified atom stereocenters. The van der Waals surface area contributed by atoms with E-state index in [0.29, 0.717) is 30.2 Å². The van der Waals surface area contributed by atoms with Crippen LogP contribution < -0.4 is 4.74 Å². The molecule has 0 saturated carbocycles. The number of nitrogens with zero attached hydrogens (tertiary/aromatic N) is 1. The Labute approximate surface area is 137 Å². The molecule has 3 rings (SSSR count). The molecule has 5 heteroatoms. The predicted molar refractivity (Wildman–Crippen MR) is 88.1 cm³/mol. The van der Waals surface area contributed by atoms with Crippen LogP contribution in [0, 0.1) is 0 Å². The van der Waals surface area contributed by atoms with E-state index in [4.69, 9.17) is 4.74 Å². The molecular weight excluding hydrogens is 350 g/mol. The summed E-state index contributed by atoms with van der Waals surface area (Å²) in [6.45, 7) is 1.62. The highest BCUT2D eigenvalue weighted by Gasteiger charge is 2.22. The monoisotopic (exact) mass is 363 g/mol. The predicted octanol–water partition coefficient (Wildman–Crippen LogP) is 3.77. The summed E-state index contributed by atoms with van der Waals surface area (Å²) >= 11 is 7.78. The topological polar surface area (TPSA) is 29.5 Å². The molecule has 0 fully saturated rings. The van der Waals surface area contributed by atoms with E-state index >= 15 is 0 Å². The summed E-state index contributed by atoms with van der Waals surface area (Å²) in [6, 6.07) is 13.3. The summed E-state index contributed by atoms with van der Waals surface area (Å²) in [7, 11) is 0. The lowest BCUT2D eigenvalue weighted by molar-refractivity contribution is 0.0730. The molecule has 2 aromatic rings. The van der Waals surface area contributed by atoms with Crippen LogP contribution in [0.1, 0.15) is 15.9 Å². The number of para-hydroxylation sites is 1. The second-order valence-electron chi connectivity index (χ2n) is 4.84. The van der Waals surface area contributed by atoms with Crippen molar-refractivity contribution >= 4 is 34.5 Å². The third-order valence-corrected chi connectivity index (χ3v) is 4.29. The van der Waals surface area contributed by atoms with Gasteiger partial charge in [-0.2, -0.15) is 0 Å². The molecule has 1 aliphatic heterocycles. The molecular formula is C16H14BrNO2S. The number of benzene rings is 2. The molecule has 0 aliphatic carbocycles. The molecule has 2 aromatic carbocycles. The van der Waals surface area contributed by atoms with Crippen molar-refractivity contribution in [2.75, 3.05) is 13.2 Å². The van der Waals surface area contributed by atoms with Crippen molar-refractivity contribution in [2.45, 2.75) is 11.4 Å². The number of thiol groups is 1.